The van der Waals surface area contributed by atoms with Gasteiger partial charge in [-0.25, -0.2) is 13.7 Å². The van der Waals surface area contributed by atoms with Gasteiger partial charge in [-0.15, -0.1) is 0 Å². The first kappa shape index (κ1) is 24.8. The van der Waals surface area contributed by atoms with Gasteiger partial charge in [-0.2, -0.15) is 0 Å². The average Bonchev–Trinajstić information content (AvgIpc) is 2.85. The van der Waals surface area contributed by atoms with Crippen LogP contribution in [0.1, 0.15) is 68.5 Å². The third kappa shape index (κ3) is 6.42. The van der Waals surface area contributed by atoms with Crippen LogP contribution in [0, 0.1) is 0 Å². The number of Topliss-reactive ketones (excluding diaryl/α,β-unsaturated/α-hetero) is 3. The molecule has 0 aliphatic carbocycles. The molecule has 0 bridgehead atoms. The SMILES string of the molecule is CC(=O)c1cc[n+](Cc2cc(C[n+]3ccc(C(C)=O)cc3)cc(C[n+]3ccc(C(C)=O)cc3)c2)cc1. The normalized spacial score (nSPS) is 10.8. The fourth-order valence-corrected chi connectivity index (χ4v) is 4.14. The number of hydrogen-bond acceptors (Lipinski definition) is 3. The van der Waals surface area contributed by atoms with Crippen molar-refractivity contribution in [2.24, 2.45) is 0 Å². The van der Waals surface area contributed by atoms with E-state index in [9.17, 15) is 14.4 Å². The number of hydrogen-bond donors (Lipinski definition) is 0. The van der Waals surface area contributed by atoms with Crippen LogP contribution in [0.2, 0.25) is 0 Å². The highest BCUT2D eigenvalue weighted by molar-refractivity contribution is 5.94. The quantitative estimate of drug-likeness (QED) is 0.273. The molecule has 0 atom stereocenters. The van der Waals surface area contributed by atoms with Crippen molar-refractivity contribution in [3.8, 4) is 0 Å². The zero-order valence-corrected chi connectivity index (χ0v) is 20.8. The summed E-state index contributed by atoms with van der Waals surface area (Å²) in [4.78, 5) is 34.9. The Morgan fingerprint density at radius 1 is 0.472 bits per heavy atom. The summed E-state index contributed by atoms with van der Waals surface area (Å²) in [5.41, 5.74) is 5.50. The minimum atomic E-state index is 0.0482. The van der Waals surface area contributed by atoms with Crippen LogP contribution in [0.4, 0.5) is 0 Å². The first-order valence-electron chi connectivity index (χ1n) is 11.9. The molecule has 4 rings (SSSR count). The molecule has 0 saturated heterocycles. The molecule has 6 nitrogen and oxygen atoms in total. The van der Waals surface area contributed by atoms with Crippen molar-refractivity contribution in [1.29, 1.82) is 0 Å². The molecule has 0 radical (unpaired) electrons. The number of benzene rings is 1. The minimum Gasteiger partial charge on any atom is -0.295 e. The standard InChI is InChI=1S/C30H30N3O3/c1-22(34)28-4-10-31(11-5-28)19-25-16-26(20-32-12-6-29(7-13-32)23(2)35)18-27(17-25)21-33-14-8-30(9-15-33)24(3)36/h4-18H,19-21H2,1-3H3/q+3. The van der Waals surface area contributed by atoms with Crippen molar-refractivity contribution >= 4 is 17.3 Å². The Labute approximate surface area is 211 Å². The van der Waals surface area contributed by atoms with E-state index in [1.54, 1.807) is 20.8 Å². The summed E-state index contributed by atoms with van der Waals surface area (Å²) in [5.74, 6) is 0.145. The van der Waals surface area contributed by atoms with Gasteiger partial charge in [0.1, 0.15) is 0 Å². The number of aromatic nitrogens is 3. The summed E-state index contributed by atoms with van der Waals surface area (Å²) < 4.78 is 6.16. The lowest BCUT2D eigenvalue weighted by molar-refractivity contribution is -0.690. The highest BCUT2D eigenvalue weighted by atomic mass is 16.1. The van der Waals surface area contributed by atoms with Gasteiger partial charge in [0.25, 0.3) is 0 Å². The highest BCUT2D eigenvalue weighted by Crippen LogP contribution is 2.12. The van der Waals surface area contributed by atoms with Gasteiger partial charge in [-0.3, -0.25) is 14.4 Å². The summed E-state index contributed by atoms with van der Waals surface area (Å²) in [6, 6.07) is 17.6. The molecule has 6 heteroatoms. The third-order valence-electron chi connectivity index (χ3n) is 6.10. The number of ketones is 3. The van der Waals surface area contributed by atoms with Crippen LogP contribution in [0.5, 0.6) is 0 Å². The molecule has 0 saturated carbocycles. The molecule has 3 aromatic heterocycles. The smallest absolute Gasteiger partial charge is 0.173 e. The van der Waals surface area contributed by atoms with Crippen LogP contribution in [-0.4, -0.2) is 17.3 Å². The Balaban J connectivity index is 1.62. The van der Waals surface area contributed by atoms with E-state index >= 15 is 0 Å². The van der Waals surface area contributed by atoms with Gasteiger partial charge >= 0.3 is 0 Å². The van der Waals surface area contributed by atoms with Crippen molar-refractivity contribution in [3.05, 3.63) is 125 Å². The van der Waals surface area contributed by atoms with Gasteiger partial charge < -0.3 is 0 Å². The predicted molar refractivity (Wildman–Crippen MR) is 134 cm³/mol. The molecule has 0 aliphatic rings. The lowest BCUT2D eigenvalue weighted by Crippen LogP contribution is -2.36. The lowest BCUT2D eigenvalue weighted by atomic mass is 10.0. The molecule has 0 unspecified atom stereocenters. The second-order valence-corrected chi connectivity index (χ2v) is 9.10. The largest absolute Gasteiger partial charge is 0.295 e. The Morgan fingerprint density at radius 3 is 0.889 bits per heavy atom. The maximum Gasteiger partial charge on any atom is 0.173 e. The third-order valence-corrected chi connectivity index (χ3v) is 6.10. The lowest BCUT2D eigenvalue weighted by Gasteiger charge is -2.07. The summed E-state index contributed by atoms with van der Waals surface area (Å²) in [6.07, 6.45) is 11.5. The summed E-state index contributed by atoms with van der Waals surface area (Å²) in [6.45, 7) is 6.70. The number of nitrogens with zero attached hydrogens (tertiary/aromatic N) is 3. The maximum atomic E-state index is 11.6. The van der Waals surface area contributed by atoms with Crippen molar-refractivity contribution in [1.82, 2.24) is 0 Å². The van der Waals surface area contributed by atoms with Crippen LogP contribution in [0.25, 0.3) is 0 Å². The van der Waals surface area contributed by atoms with Crippen LogP contribution < -0.4 is 13.7 Å². The first-order chi connectivity index (χ1) is 17.3. The number of carbonyl (C=O) groups excluding carboxylic acids is 3. The molecular formula is C30H30N3O3+3. The van der Waals surface area contributed by atoms with E-state index < -0.39 is 0 Å². The molecule has 3 heterocycles. The van der Waals surface area contributed by atoms with Gasteiger partial charge in [-0.05, 0) is 39.0 Å². The number of pyridine rings is 3. The van der Waals surface area contributed by atoms with E-state index in [4.69, 9.17) is 0 Å². The molecular weight excluding hydrogens is 450 g/mol. The van der Waals surface area contributed by atoms with Gasteiger partial charge in [0.2, 0.25) is 0 Å². The van der Waals surface area contributed by atoms with Crippen molar-refractivity contribution in [2.75, 3.05) is 0 Å². The van der Waals surface area contributed by atoms with Gasteiger partial charge in [0.15, 0.2) is 74.2 Å². The average molecular weight is 481 g/mol. The molecule has 36 heavy (non-hydrogen) atoms. The second kappa shape index (κ2) is 11.0. The minimum absolute atomic E-state index is 0.0482. The summed E-state index contributed by atoms with van der Waals surface area (Å²) >= 11 is 0. The van der Waals surface area contributed by atoms with Crippen molar-refractivity contribution < 1.29 is 28.1 Å². The predicted octanol–water partition coefficient (Wildman–Crippen LogP) is 3.30. The molecule has 180 valence electrons. The van der Waals surface area contributed by atoms with Crippen LogP contribution >= 0.6 is 0 Å². The van der Waals surface area contributed by atoms with Crippen LogP contribution in [-0.2, 0) is 19.6 Å². The molecule has 1 aromatic carbocycles. The summed E-state index contributed by atoms with van der Waals surface area (Å²) in [7, 11) is 0. The zero-order valence-electron chi connectivity index (χ0n) is 20.8. The molecule has 0 fully saturated rings. The number of carbonyl (C=O) groups is 3. The van der Waals surface area contributed by atoms with Crippen LogP contribution in [0.15, 0.2) is 91.8 Å². The number of rotatable bonds is 9. The fraction of sp³-hybridized carbons (Fsp3) is 0.200. The Kier molecular flexibility index (Phi) is 7.54. The first-order valence-corrected chi connectivity index (χ1v) is 11.9. The Hall–Kier alpha value is -4.32. The van der Waals surface area contributed by atoms with E-state index in [-0.39, 0.29) is 17.3 Å². The molecule has 0 N–H and O–H groups in total. The topological polar surface area (TPSA) is 62.9 Å². The van der Waals surface area contributed by atoms with E-state index in [1.807, 2.05) is 73.6 Å². The highest BCUT2D eigenvalue weighted by Gasteiger charge is 2.14. The van der Waals surface area contributed by atoms with E-state index in [2.05, 4.69) is 31.9 Å². The zero-order chi connectivity index (χ0) is 25.7. The van der Waals surface area contributed by atoms with E-state index in [1.165, 1.54) is 0 Å². The van der Waals surface area contributed by atoms with Crippen molar-refractivity contribution in [3.63, 3.8) is 0 Å². The van der Waals surface area contributed by atoms with Gasteiger partial charge in [0, 0.05) is 69.8 Å². The monoisotopic (exact) mass is 480 g/mol. The molecule has 0 amide bonds. The molecule has 0 aliphatic heterocycles. The Bertz CT molecular complexity index is 1220. The van der Waals surface area contributed by atoms with E-state index in [0.29, 0.717) is 36.3 Å². The van der Waals surface area contributed by atoms with Crippen LogP contribution in [0.3, 0.4) is 0 Å². The second-order valence-electron chi connectivity index (χ2n) is 9.10. The van der Waals surface area contributed by atoms with Gasteiger partial charge in [0.05, 0.1) is 0 Å². The fourth-order valence-electron chi connectivity index (χ4n) is 4.14. The summed E-state index contributed by atoms with van der Waals surface area (Å²) in [5, 5.41) is 0. The van der Waals surface area contributed by atoms with Crippen molar-refractivity contribution in [2.45, 2.75) is 40.4 Å². The maximum absolute atomic E-state index is 11.6. The van der Waals surface area contributed by atoms with E-state index in [0.717, 1.165) is 16.7 Å². The van der Waals surface area contributed by atoms with Gasteiger partial charge in [-0.1, -0.05) is 0 Å². The molecule has 4 aromatic rings. The Morgan fingerprint density at radius 2 is 0.694 bits per heavy atom. The molecule has 0 spiro atoms.